The van der Waals surface area contributed by atoms with Crippen molar-refractivity contribution < 1.29 is 4.74 Å². The number of nitrogens with one attached hydrogen (secondary N) is 2. The van der Waals surface area contributed by atoms with E-state index in [4.69, 9.17) is 17.0 Å². The van der Waals surface area contributed by atoms with Crippen LogP contribution in [-0.4, -0.2) is 12.2 Å². The van der Waals surface area contributed by atoms with E-state index >= 15 is 0 Å². The Bertz CT molecular complexity index is 855. The van der Waals surface area contributed by atoms with E-state index in [0.717, 1.165) is 25.0 Å². The van der Waals surface area contributed by atoms with E-state index in [0.29, 0.717) is 5.11 Å². The fourth-order valence-electron chi connectivity index (χ4n) is 3.79. The summed E-state index contributed by atoms with van der Waals surface area (Å²) in [7, 11) is 1.69. The van der Waals surface area contributed by atoms with Crippen LogP contribution in [0.1, 0.15) is 41.1 Å². The van der Waals surface area contributed by atoms with Gasteiger partial charge in [0.25, 0.3) is 0 Å². The Morgan fingerprint density at radius 2 is 1.88 bits per heavy atom. The van der Waals surface area contributed by atoms with Gasteiger partial charge in [0.15, 0.2) is 5.11 Å². The Hall–Kier alpha value is -2.33. The first-order valence-corrected chi connectivity index (χ1v) is 9.11. The summed E-state index contributed by atoms with van der Waals surface area (Å²) in [5.74, 6) is 0.872. The number of hydrogen-bond donors (Lipinski definition) is 2. The highest BCUT2D eigenvalue weighted by atomic mass is 32.1. The Labute approximate surface area is 154 Å². The van der Waals surface area contributed by atoms with Crippen molar-refractivity contribution in [2.75, 3.05) is 7.11 Å². The van der Waals surface area contributed by atoms with Crippen LogP contribution in [0.4, 0.5) is 0 Å². The van der Waals surface area contributed by atoms with Crippen LogP contribution in [0.3, 0.4) is 0 Å². The van der Waals surface area contributed by atoms with Crippen molar-refractivity contribution >= 4 is 23.0 Å². The number of hydrogen-bond acceptors (Lipinski definition) is 2. The molecule has 1 aliphatic heterocycles. The topological polar surface area (TPSA) is 33.3 Å². The molecule has 2 aromatic rings. The normalized spacial score (nSPS) is 19.3. The molecule has 4 heteroatoms. The smallest absolute Gasteiger partial charge is 0.171 e. The van der Waals surface area contributed by atoms with Crippen molar-refractivity contribution in [3.63, 3.8) is 0 Å². The highest BCUT2D eigenvalue weighted by Crippen LogP contribution is 2.38. The predicted molar refractivity (Wildman–Crippen MR) is 106 cm³/mol. The molecule has 1 aliphatic carbocycles. The Balaban J connectivity index is 1.83. The summed E-state index contributed by atoms with van der Waals surface area (Å²) >= 11 is 5.52. The van der Waals surface area contributed by atoms with E-state index in [1.165, 1.54) is 33.5 Å². The zero-order valence-corrected chi connectivity index (χ0v) is 15.4. The zero-order chi connectivity index (χ0) is 17.4. The van der Waals surface area contributed by atoms with Crippen LogP contribution in [0.5, 0.6) is 5.75 Å². The third-order valence-electron chi connectivity index (χ3n) is 5.06. The van der Waals surface area contributed by atoms with Gasteiger partial charge in [-0.3, -0.25) is 0 Å². The molecule has 2 N–H and O–H groups in total. The van der Waals surface area contributed by atoms with Crippen molar-refractivity contribution in [2.24, 2.45) is 0 Å². The lowest BCUT2D eigenvalue weighted by Crippen LogP contribution is -2.43. The number of aryl methyl sites for hydroxylation is 2. The van der Waals surface area contributed by atoms with E-state index < -0.39 is 0 Å². The first-order chi connectivity index (χ1) is 12.2. The molecular weight excluding hydrogens is 328 g/mol. The number of methoxy groups -OCH3 is 1. The highest BCUT2D eigenvalue weighted by Gasteiger charge is 2.29. The molecule has 1 heterocycles. The number of fused-ring (bicyclic) bond motifs is 2. The summed E-state index contributed by atoms with van der Waals surface area (Å²) < 4.78 is 5.29. The van der Waals surface area contributed by atoms with Gasteiger partial charge < -0.3 is 15.4 Å². The fraction of sp³-hybridized carbons (Fsp3) is 0.286. The van der Waals surface area contributed by atoms with Gasteiger partial charge in [0.2, 0.25) is 0 Å². The van der Waals surface area contributed by atoms with Gasteiger partial charge in [-0.15, -0.1) is 0 Å². The summed E-state index contributed by atoms with van der Waals surface area (Å²) in [6, 6.07) is 15.1. The second kappa shape index (κ2) is 6.52. The maximum Gasteiger partial charge on any atom is 0.171 e. The lowest BCUT2D eigenvalue weighted by molar-refractivity contribution is 0.414. The maximum absolute atomic E-state index is 5.52. The van der Waals surface area contributed by atoms with Crippen LogP contribution in [0.25, 0.3) is 5.70 Å². The van der Waals surface area contributed by atoms with E-state index in [-0.39, 0.29) is 6.04 Å². The molecule has 2 aliphatic rings. The van der Waals surface area contributed by atoms with Gasteiger partial charge in [-0.05, 0) is 73.3 Å². The van der Waals surface area contributed by atoms with Gasteiger partial charge in [-0.1, -0.05) is 29.8 Å². The first-order valence-electron chi connectivity index (χ1n) is 8.70. The van der Waals surface area contributed by atoms with Crippen molar-refractivity contribution in [2.45, 2.75) is 32.2 Å². The van der Waals surface area contributed by atoms with Gasteiger partial charge in [0.05, 0.1) is 13.2 Å². The molecule has 0 aromatic heterocycles. The second-order valence-corrected chi connectivity index (χ2v) is 7.13. The van der Waals surface area contributed by atoms with E-state index in [2.05, 4.69) is 47.9 Å². The van der Waals surface area contributed by atoms with Crippen LogP contribution < -0.4 is 15.4 Å². The minimum Gasteiger partial charge on any atom is -0.497 e. The highest BCUT2D eigenvalue weighted by molar-refractivity contribution is 7.80. The number of ether oxygens (including phenoxy) is 1. The van der Waals surface area contributed by atoms with E-state index in [1.54, 1.807) is 7.11 Å². The van der Waals surface area contributed by atoms with Crippen LogP contribution in [-0.2, 0) is 6.42 Å². The molecule has 2 aromatic carbocycles. The quantitative estimate of drug-likeness (QED) is 0.793. The van der Waals surface area contributed by atoms with Gasteiger partial charge >= 0.3 is 0 Å². The molecule has 1 unspecified atom stereocenters. The Kier molecular flexibility index (Phi) is 4.22. The molecule has 1 atom stereocenters. The van der Waals surface area contributed by atoms with Crippen LogP contribution in [0.15, 0.2) is 48.0 Å². The largest absolute Gasteiger partial charge is 0.497 e. The molecule has 25 heavy (non-hydrogen) atoms. The molecule has 0 saturated carbocycles. The molecular formula is C21H22N2OS. The lowest BCUT2D eigenvalue weighted by Gasteiger charge is -2.32. The lowest BCUT2D eigenvalue weighted by atomic mass is 9.91. The van der Waals surface area contributed by atoms with Crippen LogP contribution in [0.2, 0.25) is 0 Å². The fourth-order valence-corrected chi connectivity index (χ4v) is 4.01. The van der Waals surface area contributed by atoms with Gasteiger partial charge in [0, 0.05) is 11.3 Å². The SMILES string of the molecule is COc1ccc(C2NC(=S)NC3=C2CCCc2ccc(C)cc23)cc1. The summed E-state index contributed by atoms with van der Waals surface area (Å²) in [4.78, 5) is 0. The molecule has 128 valence electrons. The third kappa shape index (κ3) is 3.02. The molecule has 4 rings (SSSR count). The van der Waals surface area contributed by atoms with Crippen molar-refractivity contribution in [3.05, 3.63) is 70.3 Å². The summed E-state index contributed by atoms with van der Waals surface area (Å²) in [6.07, 6.45) is 3.31. The minimum absolute atomic E-state index is 0.112. The van der Waals surface area contributed by atoms with Crippen molar-refractivity contribution in [1.29, 1.82) is 0 Å². The monoisotopic (exact) mass is 350 g/mol. The number of thiocarbonyl (C=S) groups is 1. The average molecular weight is 350 g/mol. The summed E-state index contributed by atoms with van der Waals surface area (Å²) in [6.45, 7) is 2.14. The Morgan fingerprint density at radius 3 is 2.64 bits per heavy atom. The Morgan fingerprint density at radius 1 is 1.08 bits per heavy atom. The van der Waals surface area contributed by atoms with Gasteiger partial charge in [-0.2, -0.15) is 0 Å². The molecule has 0 fully saturated rings. The molecule has 0 spiro atoms. The summed E-state index contributed by atoms with van der Waals surface area (Å²) in [5.41, 5.74) is 7.79. The zero-order valence-electron chi connectivity index (χ0n) is 14.6. The molecule has 0 radical (unpaired) electrons. The van der Waals surface area contributed by atoms with Gasteiger partial charge in [-0.25, -0.2) is 0 Å². The average Bonchev–Trinajstić information content (AvgIpc) is 2.80. The molecule has 0 bridgehead atoms. The maximum atomic E-state index is 5.52. The summed E-state index contributed by atoms with van der Waals surface area (Å²) in [5, 5.41) is 7.59. The predicted octanol–water partition coefficient (Wildman–Crippen LogP) is 4.27. The minimum atomic E-state index is 0.112. The third-order valence-corrected chi connectivity index (χ3v) is 5.28. The van der Waals surface area contributed by atoms with E-state index in [1.807, 2.05) is 12.1 Å². The number of rotatable bonds is 2. The molecule has 0 amide bonds. The molecule has 0 saturated heterocycles. The second-order valence-electron chi connectivity index (χ2n) is 6.72. The van der Waals surface area contributed by atoms with Crippen molar-refractivity contribution in [3.8, 4) is 5.75 Å². The van der Waals surface area contributed by atoms with Crippen molar-refractivity contribution in [1.82, 2.24) is 10.6 Å². The number of benzene rings is 2. The first kappa shape index (κ1) is 16.2. The molecule has 3 nitrogen and oxygen atoms in total. The van der Waals surface area contributed by atoms with Crippen LogP contribution >= 0.6 is 12.2 Å². The van der Waals surface area contributed by atoms with Gasteiger partial charge in [0.1, 0.15) is 5.75 Å². The standard InChI is InChI=1S/C21H22N2OS/c1-13-6-7-14-4-3-5-17-19(15-8-10-16(24-2)11-9-15)22-21(25)23-20(17)18(14)12-13/h6-12,19H,3-5H2,1-2H3,(H2,22,23,25). The van der Waals surface area contributed by atoms with E-state index in [9.17, 15) is 0 Å². The van der Waals surface area contributed by atoms with Crippen LogP contribution in [0, 0.1) is 6.92 Å².